The summed E-state index contributed by atoms with van der Waals surface area (Å²) in [5.74, 6) is 0. The molecule has 0 aliphatic heterocycles. The van der Waals surface area contributed by atoms with E-state index >= 15 is 0 Å². The number of anilines is 2. The lowest BCUT2D eigenvalue weighted by atomic mass is 9.96. The predicted octanol–water partition coefficient (Wildman–Crippen LogP) is 7.19. The second kappa shape index (κ2) is 8.73. The highest BCUT2D eigenvalue weighted by Gasteiger charge is 2.22. The summed E-state index contributed by atoms with van der Waals surface area (Å²) in [6, 6.07) is 20.1. The van der Waals surface area contributed by atoms with E-state index in [4.69, 9.17) is 0 Å². The Morgan fingerprint density at radius 2 is 1.00 bits per heavy atom. The molecule has 2 heteroatoms. The molecular weight excluding hydrogens is 352 g/mol. The molecule has 0 aromatic heterocycles. The Hall–Kier alpha value is -2.74. The number of nitrogens with one attached hydrogen (secondary N) is 2. The molecule has 1 unspecified atom stereocenters. The Kier molecular flexibility index (Phi) is 6.32. The fraction of sp³-hybridized carbons (Fsp3) is 0.333. The topological polar surface area (TPSA) is 24.1 Å². The highest BCUT2D eigenvalue weighted by Crippen LogP contribution is 2.31. The third kappa shape index (κ3) is 4.82. The summed E-state index contributed by atoms with van der Waals surface area (Å²) in [6.45, 7) is 15.3. The summed E-state index contributed by atoms with van der Waals surface area (Å²) in [7, 11) is 0. The quantitative estimate of drug-likeness (QED) is 0.468. The Morgan fingerprint density at radius 3 is 1.45 bits per heavy atom. The van der Waals surface area contributed by atoms with E-state index in [1.165, 1.54) is 50.3 Å². The van der Waals surface area contributed by atoms with Gasteiger partial charge in [0.15, 0.2) is 0 Å². The molecule has 0 radical (unpaired) electrons. The van der Waals surface area contributed by atoms with Crippen LogP contribution in [0.1, 0.15) is 51.9 Å². The van der Waals surface area contributed by atoms with E-state index in [-0.39, 0.29) is 12.1 Å². The molecule has 3 aromatic rings. The Balaban J connectivity index is 1.97. The maximum atomic E-state index is 3.87. The number of rotatable bonds is 6. The highest BCUT2D eigenvalue weighted by atomic mass is 15.0. The summed E-state index contributed by atoms with van der Waals surface area (Å²) in [6.07, 6.45) is 0. The molecule has 3 rings (SSSR count). The zero-order valence-corrected chi connectivity index (χ0v) is 18.9. The van der Waals surface area contributed by atoms with Gasteiger partial charge in [-0.3, -0.25) is 0 Å². The van der Waals surface area contributed by atoms with Crippen LogP contribution in [0.5, 0.6) is 0 Å². The van der Waals surface area contributed by atoms with Gasteiger partial charge in [0.25, 0.3) is 0 Å². The van der Waals surface area contributed by atoms with Gasteiger partial charge in [0.2, 0.25) is 0 Å². The van der Waals surface area contributed by atoms with Crippen LogP contribution in [0.25, 0.3) is 0 Å². The standard InChI is InChI=1S/C27H34N2/c1-17-13-19(3)25(20(4)14-17)28-23(7)27(24-11-9-8-10-12-24)29-26-21(5)15-18(2)16-22(26)6/h8-16,23,27-29H,1-7H3/t23-,27?/m1/s1. The molecule has 2 N–H and O–H groups in total. The van der Waals surface area contributed by atoms with E-state index in [9.17, 15) is 0 Å². The normalized spacial score (nSPS) is 13.1. The number of benzene rings is 3. The fourth-order valence-corrected chi connectivity index (χ4v) is 4.44. The van der Waals surface area contributed by atoms with Gasteiger partial charge in [-0.15, -0.1) is 0 Å². The monoisotopic (exact) mass is 386 g/mol. The van der Waals surface area contributed by atoms with Crippen LogP contribution >= 0.6 is 0 Å². The average molecular weight is 387 g/mol. The number of aryl methyl sites for hydroxylation is 6. The molecule has 2 nitrogen and oxygen atoms in total. The third-order valence-corrected chi connectivity index (χ3v) is 5.68. The highest BCUT2D eigenvalue weighted by molar-refractivity contribution is 5.62. The molecule has 0 amide bonds. The van der Waals surface area contributed by atoms with Gasteiger partial charge in [-0.2, -0.15) is 0 Å². The van der Waals surface area contributed by atoms with Crippen LogP contribution in [0.4, 0.5) is 11.4 Å². The van der Waals surface area contributed by atoms with Gasteiger partial charge in [0, 0.05) is 17.4 Å². The molecule has 0 saturated heterocycles. The lowest BCUT2D eigenvalue weighted by Gasteiger charge is -2.31. The molecule has 0 aliphatic rings. The Labute approximate surface area is 176 Å². The van der Waals surface area contributed by atoms with Crippen LogP contribution in [0.3, 0.4) is 0 Å². The zero-order valence-electron chi connectivity index (χ0n) is 18.9. The molecule has 2 atom stereocenters. The van der Waals surface area contributed by atoms with Gasteiger partial charge < -0.3 is 10.6 Å². The molecule has 3 aromatic carbocycles. The van der Waals surface area contributed by atoms with E-state index in [1.807, 2.05) is 0 Å². The van der Waals surface area contributed by atoms with Crippen molar-refractivity contribution in [2.45, 2.75) is 60.5 Å². The van der Waals surface area contributed by atoms with Crippen LogP contribution in [0, 0.1) is 41.5 Å². The van der Waals surface area contributed by atoms with Crippen LogP contribution in [-0.4, -0.2) is 6.04 Å². The van der Waals surface area contributed by atoms with Crippen LogP contribution in [-0.2, 0) is 0 Å². The smallest absolute Gasteiger partial charge is 0.0712 e. The minimum Gasteiger partial charge on any atom is -0.380 e. The molecule has 0 saturated carbocycles. The van der Waals surface area contributed by atoms with Crippen molar-refractivity contribution in [1.82, 2.24) is 0 Å². The predicted molar refractivity (Wildman–Crippen MR) is 127 cm³/mol. The van der Waals surface area contributed by atoms with Gasteiger partial charge in [0.05, 0.1) is 6.04 Å². The molecule has 29 heavy (non-hydrogen) atoms. The Bertz CT molecular complexity index is 943. The summed E-state index contributed by atoms with van der Waals surface area (Å²) in [4.78, 5) is 0. The SMILES string of the molecule is Cc1cc(C)c(NC(c2ccccc2)[C@@H](C)Nc2c(C)cc(C)cc2C)c(C)c1. The zero-order chi connectivity index (χ0) is 21.1. The average Bonchev–Trinajstić information content (AvgIpc) is 2.64. The third-order valence-electron chi connectivity index (χ3n) is 5.68. The van der Waals surface area contributed by atoms with Gasteiger partial charge in [0.1, 0.15) is 0 Å². The first-order chi connectivity index (χ1) is 13.8. The maximum Gasteiger partial charge on any atom is 0.0712 e. The molecule has 0 aliphatic carbocycles. The van der Waals surface area contributed by atoms with Crippen molar-refractivity contribution in [3.63, 3.8) is 0 Å². The Morgan fingerprint density at radius 1 is 0.586 bits per heavy atom. The van der Waals surface area contributed by atoms with Crippen molar-refractivity contribution in [3.8, 4) is 0 Å². The van der Waals surface area contributed by atoms with Crippen molar-refractivity contribution in [2.75, 3.05) is 10.6 Å². The minimum atomic E-state index is 0.149. The summed E-state index contributed by atoms with van der Waals surface area (Å²) in [5, 5.41) is 7.68. The van der Waals surface area contributed by atoms with Crippen LogP contribution in [0.2, 0.25) is 0 Å². The summed E-state index contributed by atoms with van der Waals surface area (Å²) < 4.78 is 0. The van der Waals surface area contributed by atoms with Gasteiger partial charge >= 0.3 is 0 Å². The number of hydrogen-bond donors (Lipinski definition) is 2. The van der Waals surface area contributed by atoms with E-state index < -0.39 is 0 Å². The molecular formula is C27H34N2. The summed E-state index contributed by atoms with van der Waals surface area (Å²) >= 11 is 0. The largest absolute Gasteiger partial charge is 0.380 e. The van der Waals surface area contributed by atoms with E-state index in [0.717, 1.165) is 0 Å². The van der Waals surface area contributed by atoms with Crippen molar-refractivity contribution >= 4 is 11.4 Å². The first kappa shape index (κ1) is 21.0. The fourth-order valence-electron chi connectivity index (χ4n) is 4.44. The molecule has 0 spiro atoms. The summed E-state index contributed by atoms with van der Waals surface area (Å²) in [5.41, 5.74) is 11.5. The van der Waals surface area contributed by atoms with E-state index in [1.54, 1.807) is 0 Å². The van der Waals surface area contributed by atoms with Gasteiger partial charge in [-0.05, 0) is 76.3 Å². The van der Waals surface area contributed by atoms with Crippen LogP contribution < -0.4 is 10.6 Å². The number of hydrogen-bond acceptors (Lipinski definition) is 2. The molecule has 0 fully saturated rings. The second-order valence-corrected chi connectivity index (χ2v) is 8.51. The van der Waals surface area contributed by atoms with E-state index in [2.05, 4.69) is 114 Å². The van der Waals surface area contributed by atoms with Crippen LogP contribution in [0.15, 0.2) is 54.6 Å². The van der Waals surface area contributed by atoms with Gasteiger partial charge in [-0.25, -0.2) is 0 Å². The van der Waals surface area contributed by atoms with Crippen molar-refractivity contribution in [1.29, 1.82) is 0 Å². The van der Waals surface area contributed by atoms with Crippen molar-refractivity contribution < 1.29 is 0 Å². The first-order valence-corrected chi connectivity index (χ1v) is 10.5. The molecule has 152 valence electrons. The second-order valence-electron chi connectivity index (χ2n) is 8.51. The maximum absolute atomic E-state index is 3.87. The minimum absolute atomic E-state index is 0.149. The van der Waals surface area contributed by atoms with Crippen molar-refractivity contribution in [3.05, 3.63) is 93.5 Å². The molecule has 0 heterocycles. The lowest BCUT2D eigenvalue weighted by molar-refractivity contribution is 0.661. The van der Waals surface area contributed by atoms with Crippen molar-refractivity contribution in [2.24, 2.45) is 0 Å². The van der Waals surface area contributed by atoms with Gasteiger partial charge in [-0.1, -0.05) is 65.7 Å². The lowest BCUT2D eigenvalue weighted by Crippen LogP contribution is -2.31. The molecule has 0 bridgehead atoms. The van der Waals surface area contributed by atoms with E-state index in [0.29, 0.717) is 0 Å². The first-order valence-electron chi connectivity index (χ1n) is 10.5.